The Balaban J connectivity index is 3.76. The number of rotatable bonds is 6. The van der Waals surface area contributed by atoms with Crippen molar-refractivity contribution in [3.8, 4) is 0 Å². The third kappa shape index (κ3) is 6.31. The van der Waals surface area contributed by atoms with Crippen LogP contribution in [-0.4, -0.2) is 27.3 Å². The number of hydrogen-bond acceptors (Lipinski definition) is 2. The molecule has 0 aromatic heterocycles. The molecule has 0 aliphatic heterocycles. The van der Waals surface area contributed by atoms with E-state index in [4.69, 9.17) is 0 Å². The van der Waals surface area contributed by atoms with Crippen LogP contribution in [0.25, 0.3) is 0 Å². The van der Waals surface area contributed by atoms with E-state index in [1.54, 1.807) is 0 Å². The van der Waals surface area contributed by atoms with Gasteiger partial charge in [-0.3, -0.25) is 4.21 Å². The molecule has 0 aliphatic carbocycles. The summed E-state index contributed by atoms with van der Waals surface area (Å²) in [6, 6.07) is 0.520. The highest BCUT2D eigenvalue weighted by atomic mass is 32.2. The van der Waals surface area contributed by atoms with E-state index in [1.165, 1.54) is 6.42 Å². The van der Waals surface area contributed by atoms with Crippen LogP contribution in [0.4, 0.5) is 0 Å². The molecule has 3 atom stereocenters. The van der Waals surface area contributed by atoms with Crippen LogP contribution < -0.4 is 5.32 Å². The van der Waals surface area contributed by atoms with Gasteiger partial charge in [0.2, 0.25) is 0 Å². The SMILES string of the molecule is CCC(C)C(C)NCCS(=O)C(C)(C)C. The fourth-order valence-corrected chi connectivity index (χ4v) is 2.16. The minimum Gasteiger partial charge on any atom is -0.313 e. The predicted octanol–water partition coefficient (Wildman–Crippen LogP) is 2.56. The van der Waals surface area contributed by atoms with E-state index in [0.717, 1.165) is 12.3 Å². The summed E-state index contributed by atoms with van der Waals surface area (Å²) < 4.78 is 11.7. The molecule has 92 valence electrons. The van der Waals surface area contributed by atoms with Crippen molar-refractivity contribution in [1.82, 2.24) is 5.32 Å². The van der Waals surface area contributed by atoms with E-state index in [-0.39, 0.29) is 4.75 Å². The van der Waals surface area contributed by atoms with E-state index < -0.39 is 10.8 Å². The molecular weight excluding hydrogens is 206 g/mol. The van der Waals surface area contributed by atoms with Gasteiger partial charge in [0, 0.05) is 33.9 Å². The number of hydrogen-bond donors (Lipinski definition) is 1. The standard InChI is InChI=1S/C12H27NOS/c1-7-10(2)11(3)13-8-9-15(14)12(4,5)6/h10-11,13H,7-9H2,1-6H3. The van der Waals surface area contributed by atoms with Crippen molar-refractivity contribution in [1.29, 1.82) is 0 Å². The van der Waals surface area contributed by atoms with Crippen LogP contribution in [0.15, 0.2) is 0 Å². The maximum atomic E-state index is 11.8. The second-order valence-corrected chi connectivity index (χ2v) is 7.61. The summed E-state index contributed by atoms with van der Waals surface area (Å²) in [7, 11) is -0.731. The van der Waals surface area contributed by atoms with Gasteiger partial charge in [-0.1, -0.05) is 20.3 Å². The average Bonchev–Trinajstić information content (AvgIpc) is 2.14. The van der Waals surface area contributed by atoms with Crippen molar-refractivity contribution in [3.05, 3.63) is 0 Å². The van der Waals surface area contributed by atoms with Crippen molar-refractivity contribution in [2.45, 2.75) is 58.8 Å². The van der Waals surface area contributed by atoms with Gasteiger partial charge in [0.15, 0.2) is 0 Å². The van der Waals surface area contributed by atoms with Gasteiger partial charge in [-0.2, -0.15) is 0 Å². The van der Waals surface area contributed by atoms with Crippen LogP contribution in [0, 0.1) is 5.92 Å². The quantitative estimate of drug-likeness (QED) is 0.764. The van der Waals surface area contributed by atoms with Crippen LogP contribution in [0.2, 0.25) is 0 Å². The van der Waals surface area contributed by atoms with Crippen LogP contribution in [-0.2, 0) is 10.8 Å². The Bertz CT molecular complexity index is 198. The molecule has 0 rings (SSSR count). The summed E-state index contributed by atoms with van der Waals surface area (Å²) in [6.45, 7) is 13.6. The van der Waals surface area contributed by atoms with Gasteiger partial charge in [-0.05, 0) is 33.6 Å². The summed E-state index contributed by atoms with van der Waals surface area (Å²) in [5, 5.41) is 3.44. The third-order valence-corrected chi connectivity index (χ3v) is 4.88. The molecule has 0 bridgehead atoms. The molecule has 0 aliphatic rings. The summed E-state index contributed by atoms with van der Waals surface area (Å²) in [5.41, 5.74) is 0. The minimum absolute atomic E-state index is 0.0821. The lowest BCUT2D eigenvalue weighted by Gasteiger charge is -2.22. The highest BCUT2D eigenvalue weighted by Crippen LogP contribution is 2.11. The van der Waals surface area contributed by atoms with Gasteiger partial charge < -0.3 is 5.32 Å². The second-order valence-electron chi connectivity index (χ2n) is 5.29. The molecule has 2 nitrogen and oxygen atoms in total. The highest BCUT2D eigenvalue weighted by molar-refractivity contribution is 7.86. The number of nitrogens with one attached hydrogen (secondary N) is 1. The third-order valence-electron chi connectivity index (χ3n) is 2.93. The fraction of sp³-hybridized carbons (Fsp3) is 1.00. The van der Waals surface area contributed by atoms with Gasteiger partial charge >= 0.3 is 0 Å². The first kappa shape index (κ1) is 15.1. The van der Waals surface area contributed by atoms with Crippen molar-refractivity contribution < 1.29 is 4.21 Å². The van der Waals surface area contributed by atoms with Gasteiger partial charge in [-0.25, -0.2) is 0 Å². The first-order chi connectivity index (χ1) is 6.79. The monoisotopic (exact) mass is 233 g/mol. The lowest BCUT2D eigenvalue weighted by Crippen LogP contribution is -2.36. The van der Waals surface area contributed by atoms with E-state index in [2.05, 4.69) is 26.1 Å². The lowest BCUT2D eigenvalue weighted by molar-refractivity contribution is 0.399. The molecule has 0 saturated carbocycles. The molecule has 0 heterocycles. The molecule has 0 amide bonds. The van der Waals surface area contributed by atoms with Crippen LogP contribution in [0.3, 0.4) is 0 Å². The zero-order valence-electron chi connectivity index (χ0n) is 11.1. The Kier molecular flexibility index (Phi) is 6.69. The molecule has 1 N–H and O–H groups in total. The molecular formula is C12H27NOS. The van der Waals surface area contributed by atoms with Crippen molar-refractivity contribution in [2.24, 2.45) is 5.92 Å². The molecule has 0 spiro atoms. The largest absolute Gasteiger partial charge is 0.313 e. The topological polar surface area (TPSA) is 29.1 Å². The molecule has 3 unspecified atom stereocenters. The maximum Gasteiger partial charge on any atom is 0.0375 e. The van der Waals surface area contributed by atoms with Crippen LogP contribution >= 0.6 is 0 Å². The first-order valence-electron chi connectivity index (χ1n) is 5.91. The normalized spacial score (nSPS) is 18.5. The van der Waals surface area contributed by atoms with E-state index in [9.17, 15) is 4.21 Å². The summed E-state index contributed by atoms with van der Waals surface area (Å²) >= 11 is 0. The Labute approximate surface area is 97.7 Å². The van der Waals surface area contributed by atoms with Gasteiger partial charge in [-0.15, -0.1) is 0 Å². The first-order valence-corrected chi connectivity index (χ1v) is 7.22. The van der Waals surface area contributed by atoms with Crippen LogP contribution in [0.1, 0.15) is 48.0 Å². The van der Waals surface area contributed by atoms with Gasteiger partial charge in [0.25, 0.3) is 0 Å². The Morgan fingerprint density at radius 3 is 2.20 bits per heavy atom. The van der Waals surface area contributed by atoms with Crippen molar-refractivity contribution in [3.63, 3.8) is 0 Å². The lowest BCUT2D eigenvalue weighted by atomic mass is 10.0. The van der Waals surface area contributed by atoms with E-state index in [0.29, 0.717) is 12.0 Å². The zero-order chi connectivity index (χ0) is 12.1. The molecule has 0 fully saturated rings. The van der Waals surface area contributed by atoms with Crippen molar-refractivity contribution >= 4 is 10.8 Å². The average molecular weight is 233 g/mol. The molecule has 0 aromatic rings. The molecule has 3 heteroatoms. The minimum atomic E-state index is -0.731. The van der Waals surface area contributed by atoms with Crippen molar-refractivity contribution in [2.75, 3.05) is 12.3 Å². The Morgan fingerprint density at radius 1 is 1.27 bits per heavy atom. The predicted molar refractivity (Wildman–Crippen MR) is 69.7 cm³/mol. The molecule has 15 heavy (non-hydrogen) atoms. The highest BCUT2D eigenvalue weighted by Gasteiger charge is 2.19. The van der Waals surface area contributed by atoms with E-state index >= 15 is 0 Å². The maximum absolute atomic E-state index is 11.8. The summed E-state index contributed by atoms with van der Waals surface area (Å²) in [6.07, 6.45) is 1.19. The molecule has 0 saturated heterocycles. The van der Waals surface area contributed by atoms with Gasteiger partial charge in [0.05, 0.1) is 0 Å². The fourth-order valence-electron chi connectivity index (χ4n) is 1.24. The Morgan fingerprint density at radius 2 is 1.80 bits per heavy atom. The van der Waals surface area contributed by atoms with E-state index in [1.807, 2.05) is 20.8 Å². The zero-order valence-corrected chi connectivity index (χ0v) is 11.9. The summed E-state index contributed by atoms with van der Waals surface area (Å²) in [4.78, 5) is 0. The smallest absolute Gasteiger partial charge is 0.0375 e. The van der Waals surface area contributed by atoms with Gasteiger partial charge in [0.1, 0.15) is 0 Å². The second kappa shape index (κ2) is 6.64. The summed E-state index contributed by atoms with van der Waals surface area (Å²) in [5.74, 6) is 1.44. The van der Waals surface area contributed by atoms with Crippen LogP contribution in [0.5, 0.6) is 0 Å². The molecule has 0 aromatic carbocycles. The molecule has 0 radical (unpaired) electrons. The Hall–Kier alpha value is 0.110.